The predicted molar refractivity (Wildman–Crippen MR) is 83.3 cm³/mol. The van der Waals surface area contributed by atoms with Crippen LogP contribution in [0.4, 0.5) is 0 Å². The topological polar surface area (TPSA) is 45.0 Å². The molecule has 3 rings (SSSR count). The number of ether oxygens (including phenoxy) is 1. The van der Waals surface area contributed by atoms with E-state index in [0.29, 0.717) is 6.04 Å². The lowest BCUT2D eigenvalue weighted by atomic mass is 9.81. The lowest BCUT2D eigenvalue weighted by molar-refractivity contribution is 0.111. The highest BCUT2D eigenvalue weighted by atomic mass is 16.5. The fraction of sp³-hybridized carbons (Fsp3) is 0.611. The Morgan fingerprint density at radius 2 is 2.10 bits per heavy atom. The van der Waals surface area contributed by atoms with E-state index < -0.39 is 0 Å². The number of hydrogen-bond donors (Lipinski definition) is 1. The summed E-state index contributed by atoms with van der Waals surface area (Å²) in [5, 5.41) is 13.2. The van der Waals surface area contributed by atoms with E-state index in [0.717, 1.165) is 31.4 Å². The van der Waals surface area contributed by atoms with Gasteiger partial charge in [0.25, 0.3) is 0 Å². The summed E-state index contributed by atoms with van der Waals surface area (Å²) >= 11 is 0. The number of rotatable bonds is 4. The van der Waals surface area contributed by atoms with Gasteiger partial charge in [0.1, 0.15) is 17.4 Å². The minimum atomic E-state index is -0.372. The highest BCUT2D eigenvalue weighted by molar-refractivity contribution is 5.36. The van der Waals surface area contributed by atoms with Crippen molar-refractivity contribution in [1.82, 2.24) is 5.32 Å². The largest absolute Gasteiger partial charge is 0.490 e. The number of nitrogens with zero attached hydrogens (tertiary/aromatic N) is 1. The van der Waals surface area contributed by atoms with E-state index in [2.05, 4.69) is 43.4 Å². The monoisotopic (exact) mass is 284 g/mol. The third-order valence-electron chi connectivity index (χ3n) is 4.60. The molecule has 1 aromatic carbocycles. The molecule has 0 saturated heterocycles. The van der Waals surface area contributed by atoms with Crippen molar-refractivity contribution in [3.8, 4) is 11.8 Å². The van der Waals surface area contributed by atoms with E-state index in [-0.39, 0.29) is 11.6 Å². The second kappa shape index (κ2) is 5.69. The van der Waals surface area contributed by atoms with Crippen molar-refractivity contribution >= 4 is 0 Å². The van der Waals surface area contributed by atoms with E-state index in [1.165, 1.54) is 24.0 Å². The predicted octanol–water partition coefficient (Wildman–Crippen LogP) is 3.64. The Morgan fingerprint density at radius 1 is 1.29 bits per heavy atom. The van der Waals surface area contributed by atoms with E-state index in [9.17, 15) is 5.26 Å². The molecule has 2 aliphatic rings. The first-order valence-corrected chi connectivity index (χ1v) is 8.03. The second-order valence-electron chi connectivity index (χ2n) is 6.72. The van der Waals surface area contributed by atoms with Crippen molar-refractivity contribution < 1.29 is 4.74 Å². The molecule has 2 unspecified atom stereocenters. The maximum Gasteiger partial charge on any atom is 0.122 e. The third-order valence-corrected chi connectivity index (χ3v) is 4.60. The summed E-state index contributed by atoms with van der Waals surface area (Å²) in [4.78, 5) is 0. The van der Waals surface area contributed by atoms with Gasteiger partial charge in [-0.3, -0.25) is 5.32 Å². The highest BCUT2D eigenvalue weighted by Crippen LogP contribution is 2.34. The van der Waals surface area contributed by atoms with Crippen molar-refractivity contribution in [3.63, 3.8) is 0 Å². The van der Waals surface area contributed by atoms with E-state index in [1.54, 1.807) is 0 Å². The van der Waals surface area contributed by atoms with Crippen LogP contribution in [0.15, 0.2) is 18.2 Å². The maximum atomic E-state index is 9.62. The molecular weight excluding hydrogens is 260 g/mol. The van der Waals surface area contributed by atoms with Crippen LogP contribution in [0.25, 0.3) is 0 Å². The summed E-state index contributed by atoms with van der Waals surface area (Å²) in [6.07, 6.45) is 6.43. The summed E-state index contributed by atoms with van der Waals surface area (Å²) in [6, 6.07) is 9.39. The van der Waals surface area contributed by atoms with E-state index in [4.69, 9.17) is 4.74 Å². The zero-order chi connectivity index (χ0) is 14.9. The van der Waals surface area contributed by atoms with Gasteiger partial charge in [-0.05, 0) is 57.6 Å². The second-order valence-corrected chi connectivity index (χ2v) is 6.72. The SMILES string of the molecule is Cc1ccc(OC2CCCC(C#N)(NC3CC3)C2)c(C)c1. The lowest BCUT2D eigenvalue weighted by Gasteiger charge is -2.36. The first-order chi connectivity index (χ1) is 10.1. The van der Waals surface area contributed by atoms with Gasteiger partial charge in [0.2, 0.25) is 0 Å². The Hall–Kier alpha value is -1.53. The van der Waals surface area contributed by atoms with E-state index in [1.807, 2.05) is 0 Å². The quantitative estimate of drug-likeness (QED) is 0.918. The third kappa shape index (κ3) is 3.39. The molecule has 0 bridgehead atoms. The molecule has 2 saturated carbocycles. The van der Waals surface area contributed by atoms with Gasteiger partial charge in [-0.15, -0.1) is 0 Å². The molecule has 1 aromatic rings. The fourth-order valence-electron chi connectivity index (χ4n) is 3.32. The molecule has 0 aliphatic heterocycles. The summed E-state index contributed by atoms with van der Waals surface area (Å²) in [5.74, 6) is 0.964. The van der Waals surface area contributed by atoms with Crippen molar-refractivity contribution in [1.29, 1.82) is 5.26 Å². The minimum Gasteiger partial charge on any atom is -0.490 e. The van der Waals surface area contributed by atoms with Crippen LogP contribution in [0.3, 0.4) is 0 Å². The van der Waals surface area contributed by atoms with Gasteiger partial charge in [0, 0.05) is 12.5 Å². The van der Waals surface area contributed by atoms with Gasteiger partial charge in [0.15, 0.2) is 0 Å². The Kier molecular flexibility index (Phi) is 3.91. The summed E-state index contributed by atoms with van der Waals surface area (Å²) < 4.78 is 6.21. The van der Waals surface area contributed by atoms with Gasteiger partial charge in [-0.1, -0.05) is 17.7 Å². The Morgan fingerprint density at radius 3 is 2.76 bits per heavy atom. The van der Waals surface area contributed by atoms with Crippen molar-refractivity contribution in [3.05, 3.63) is 29.3 Å². The van der Waals surface area contributed by atoms with Crippen LogP contribution in [0.1, 0.15) is 49.7 Å². The Balaban J connectivity index is 1.69. The molecule has 0 aromatic heterocycles. The lowest BCUT2D eigenvalue weighted by Crippen LogP contribution is -2.50. The van der Waals surface area contributed by atoms with Crippen LogP contribution in [-0.2, 0) is 0 Å². The molecule has 2 atom stereocenters. The van der Waals surface area contributed by atoms with Crippen molar-refractivity contribution in [2.75, 3.05) is 0 Å². The van der Waals surface area contributed by atoms with Crippen molar-refractivity contribution in [2.24, 2.45) is 0 Å². The zero-order valence-electron chi connectivity index (χ0n) is 13.0. The molecule has 21 heavy (non-hydrogen) atoms. The van der Waals surface area contributed by atoms with E-state index >= 15 is 0 Å². The van der Waals surface area contributed by atoms with Gasteiger partial charge in [0.05, 0.1) is 6.07 Å². The molecule has 3 nitrogen and oxygen atoms in total. The van der Waals surface area contributed by atoms with Crippen LogP contribution in [0.2, 0.25) is 0 Å². The normalized spacial score (nSPS) is 28.9. The molecule has 1 N–H and O–H groups in total. The number of nitrogens with one attached hydrogen (secondary N) is 1. The summed E-state index contributed by atoms with van der Waals surface area (Å²) in [6.45, 7) is 4.18. The summed E-state index contributed by atoms with van der Waals surface area (Å²) in [7, 11) is 0. The molecule has 0 heterocycles. The van der Waals surface area contributed by atoms with Gasteiger partial charge < -0.3 is 4.74 Å². The van der Waals surface area contributed by atoms with Crippen LogP contribution in [0, 0.1) is 25.2 Å². The maximum absolute atomic E-state index is 9.62. The minimum absolute atomic E-state index is 0.144. The smallest absolute Gasteiger partial charge is 0.122 e. The summed E-state index contributed by atoms with van der Waals surface area (Å²) in [5.41, 5.74) is 2.06. The number of benzene rings is 1. The van der Waals surface area contributed by atoms with Gasteiger partial charge >= 0.3 is 0 Å². The Labute approximate surface area is 127 Å². The molecular formula is C18H24N2O. The molecule has 2 fully saturated rings. The van der Waals surface area contributed by atoms with Crippen LogP contribution < -0.4 is 10.1 Å². The first-order valence-electron chi connectivity index (χ1n) is 8.03. The molecule has 0 spiro atoms. The highest BCUT2D eigenvalue weighted by Gasteiger charge is 2.41. The average molecular weight is 284 g/mol. The number of aryl methyl sites for hydroxylation is 2. The number of hydrogen-bond acceptors (Lipinski definition) is 3. The Bertz CT molecular complexity index is 559. The molecule has 2 aliphatic carbocycles. The molecule has 3 heteroatoms. The molecule has 0 amide bonds. The molecule has 112 valence electrons. The number of nitriles is 1. The van der Waals surface area contributed by atoms with Gasteiger partial charge in [-0.25, -0.2) is 0 Å². The molecule has 0 radical (unpaired) electrons. The standard InChI is InChI=1S/C18H24N2O/c1-13-5-8-17(14(2)10-13)21-16-4-3-9-18(11-16,12-19)20-15-6-7-15/h5,8,10,15-16,20H,3-4,6-7,9,11H2,1-2H3. The van der Waals surface area contributed by atoms with Crippen LogP contribution in [-0.4, -0.2) is 17.7 Å². The van der Waals surface area contributed by atoms with Crippen molar-refractivity contribution in [2.45, 2.75) is 70.1 Å². The van der Waals surface area contributed by atoms with Crippen LogP contribution >= 0.6 is 0 Å². The fourth-order valence-corrected chi connectivity index (χ4v) is 3.32. The average Bonchev–Trinajstić information content (AvgIpc) is 3.26. The zero-order valence-corrected chi connectivity index (χ0v) is 13.0. The van der Waals surface area contributed by atoms with Gasteiger partial charge in [-0.2, -0.15) is 5.26 Å². The van der Waals surface area contributed by atoms with Crippen LogP contribution in [0.5, 0.6) is 5.75 Å². The first kappa shape index (κ1) is 14.4.